The molecule has 1 atom stereocenters. The Balaban J connectivity index is 1.34. The van der Waals surface area contributed by atoms with E-state index in [0.29, 0.717) is 19.4 Å². The van der Waals surface area contributed by atoms with Crippen molar-refractivity contribution in [1.29, 1.82) is 0 Å². The average Bonchev–Trinajstić information content (AvgIpc) is 3.03. The van der Waals surface area contributed by atoms with Crippen molar-refractivity contribution in [3.63, 3.8) is 0 Å². The Bertz CT molecular complexity index is 883. The van der Waals surface area contributed by atoms with Gasteiger partial charge in [-0.25, -0.2) is 9.97 Å². The van der Waals surface area contributed by atoms with Gasteiger partial charge in [0.1, 0.15) is 6.04 Å². The number of carbonyl (C=O) groups excluding carboxylic acids is 2. The smallest absolute Gasteiger partial charge is 0.245 e. The van der Waals surface area contributed by atoms with Gasteiger partial charge >= 0.3 is 0 Å². The maximum atomic E-state index is 12.6. The minimum Gasteiger partial charge on any atom is -0.344 e. The number of nitrogens with zero attached hydrogens (tertiary/aromatic N) is 4. The highest BCUT2D eigenvalue weighted by Gasteiger charge is 2.31. The molecular weight excluding hydrogens is 366 g/mol. The molecule has 29 heavy (non-hydrogen) atoms. The van der Waals surface area contributed by atoms with Gasteiger partial charge in [-0.1, -0.05) is 24.3 Å². The van der Waals surface area contributed by atoms with E-state index in [1.54, 1.807) is 0 Å². The molecule has 2 amide bonds. The number of rotatable bonds is 4. The first kappa shape index (κ1) is 19.5. The number of aryl methyl sites for hydroxylation is 1. The first-order valence-corrected chi connectivity index (χ1v) is 10.3. The summed E-state index contributed by atoms with van der Waals surface area (Å²) in [6, 6.07) is 7.78. The SMILES string of the molecule is Cc1ccccc1-c1ncc(CN2CCCN(C(=O)[C@@H]3CCC(=O)N3)CC2)cn1. The molecule has 2 aromatic rings. The molecule has 1 N–H and O–H groups in total. The summed E-state index contributed by atoms with van der Waals surface area (Å²) >= 11 is 0. The van der Waals surface area contributed by atoms with Crippen LogP contribution in [0.3, 0.4) is 0 Å². The lowest BCUT2D eigenvalue weighted by Gasteiger charge is -2.24. The van der Waals surface area contributed by atoms with Gasteiger partial charge in [-0.3, -0.25) is 14.5 Å². The van der Waals surface area contributed by atoms with Crippen molar-refractivity contribution < 1.29 is 9.59 Å². The summed E-state index contributed by atoms with van der Waals surface area (Å²) in [5.74, 6) is 0.788. The van der Waals surface area contributed by atoms with Gasteiger partial charge in [0, 0.05) is 62.7 Å². The van der Waals surface area contributed by atoms with E-state index < -0.39 is 0 Å². The molecule has 7 heteroatoms. The maximum absolute atomic E-state index is 12.6. The summed E-state index contributed by atoms with van der Waals surface area (Å²) < 4.78 is 0. The molecule has 0 bridgehead atoms. The minimum atomic E-state index is -0.337. The molecule has 4 rings (SSSR count). The van der Waals surface area contributed by atoms with E-state index in [2.05, 4.69) is 33.2 Å². The average molecular weight is 393 g/mol. The Hall–Kier alpha value is -2.80. The fourth-order valence-electron chi connectivity index (χ4n) is 4.03. The number of hydrogen-bond acceptors (Lipinski definition) is 5. The largest absolute Gasteiger partial charge is 0.344 e. The van der Waals surface area contributed by atoms with Crippen LogP contribution in [0, 0.1) is 6.92 Å². The van der Waals surface area contributed by atoms with E-state index >= 15 is 0 Å². The monoisotopic (exact) mass is 393 g/mol. The zero-order valence-corrected chi connectivity index (χ0v) is 16.8. The van der Waals surface area contributed by atoms with Crippen molar-refractivity contribution in [2.24, 2.45) is 0 Å². The molecular formula is C22H27N5O2. The second-order valence-electron chi connectivity index (χ2n) is 7.84. The van der Waals surface area contributed by atoms with E-state index in [1.165, 1.54) is 0 Å². The zero-order chi connectivity index (χ0) is 20.2. The van der Waals surface area contributed by atoms with E-state index in [0.717, 1.165) is 55.1 Å². The minimum absolute atomic E-state index is 0.0195. The molecule has 152 valence electrons. The van der Waals surface area contributed by atoms with Crippen LogP contribution in [-0.2, 0) is 16.1 Å². The van der Waals surface area contributed by atoms with Gasteiger partial charge in [0.05, 0.1) is 0 Å². The Labute approximate surface area is 171 Å². The van der Waals surface area contributed by atoms with Gasteiger partial charge in [0.2, 0.25) is 11.8 Å². The third-order valence-corrected chi connectivity index (χ3v) is 5.69. The summed E-state index contributed by atoms with van der Waals surface area (Å²) in [6.45, 7) is 6.01. The molecule has 0 saturated carbocycles. The highest BCUT2D eigenvalue weighted by molar-refractivity contribution is 5.90. The van der Waals surface area contributed by atoms with Crippen molar-refractivity contribution in [2.75, 3.05) is 26.2 Å². The Morgan fingerprint density at radius 1 is 1.14 bits per heavy atom. The number of amides is 2. The molecule has 2 aliphatic rings. The van der Waals surface area contributed by atoms with Crippen LogP contribution in [-0.4, -0.2) is 63.8 Å². The van der Waals surface area contributed by atoms with Crippen molar-refractivity contribution in [1.82, 2.24) is 25.1 Å². The molecule has 0 spiro atoms. The first-order valence-electron chi connectivity index (χ1n) is 10.3. The van der Waals surface area contributed by atoms with Crippen LogP contribution in [0.5, 0.6) is 0 Å². The number of aromatic nitrogens is 2. The molecule has 2 fully saturated rings. The Kier molecular flexibility index (Phi) is 5.85. The van der Waals surface area contributed by atoms with E-state index in [9.17, 15) is 9.59 Å². The fraction of sp³-hybridized carbons (Fsp3) is 0.455. The van der Waals surface area contributed by atoms with Crippen molar-refractivity contribution in [3.8, 4) is 11.4 Å². The van der Waals surface area contributed by atoms with Gasteiger partial charge in [0.15, 0.2) is 5.82 Å². The normalized spacial score (nSPS) is 20.4. The number of hydrogen-bond donors (Lipinski definition) is 1. The zero-order valence-electron chi connectivity index (χ0n) is 16.8. The molecule has 3 heterocycles. The Morgan fingerprint density at radius 3 is 2.66 bits per heavy atom. The summed E-state index contributed by atoms with van der Waals surface area (Å²) in [5, 5.41) is 2.78. The summed E-state index contributed by atoms with van der Waals surface area (Å²) in [6.07, 6.45) is 5.79. The maximum Gasteiger partial charge on any atom is 0.245 e. The fourth-order valence-corrected chi connectivity index (χ4v) is 4.03. The third-order valence-electron chi connectivity index (χ3n) is 5.69. The molecule has 7 nitrogen and oxygen atoms in total. The number of carbonyl (C=O) groups is 2. The van der Waals surface area contributed by atoms with Crippen LogP contribution >= 0.6 is 0 Å². The van der Waals surface area contributed by atoms with Gasteiger partial charge < -0.3 is 10.2 Å². The van der Waals surface area contributed by atoms with Gasteiger partial charge in [0.25, 0.3) is 0 Å². The van der Waals surface area contributed by atoms with Crippen molar-refractivity contribution in [3.05, 3.63) is 47.8 Å². The van der Waals surface area contributed by atoms with Gasteiger partial charge in [-0.05, 0) is 25.3 Å². The van der Waals surface area contributed by atoms with Crippen LogP contribution in [0.25, 0.3) is 11.4 Å². The van der Waals surface area contributed by atoms with E-state index in [4.69, 9.17) is 0 Å². The molecule has 0 aliphatic carbocycles. The van der Waals surface area contributed by atoms with E-state index in [-0.39, 0.29) is 17.9 Å². The lowest BCUT2D eigenvalue weighted by atomic mass is 10.1. The lowest BCUT2D eigenvalue weighted by Crippen LogP contribution is -2.45. The molecule has 1 aromatic carbocycles. The second kappa shape index (κ2) is 8.69. The summed E-state index contributed by atoms with van der Waals surface area (Å²) in [5.41, 5.74) is 3.29. The van der Waals surface area contributed by atoms with Crippen LogP contribution in [0.1, 0.15) is 30.4 Å². The van der Waals surface area contributed by atoms with Gasteiger partial charge in [-0.15, -0.1) is 0 Å². The van der Waals surface area contributed by atoms with Crippen molar-refractivity contribution in [2.45, 2.75) is 38.8 Å². The Morgan fingerprint density at radius 2 is 1.93 bits per heavy atom. The van der Waals surface area contributed by atoms with E-state index in [1.807, 2.05) is 35.5 Å². The quantitative estimate of drug-likeness (QED) is 0.857. The standard InChI is InChI=1S/C22H27N5O2/c1-16-5-2-3-6-18(16)21-23-13-17(14-24-21)15-26-9-4-10-27(12-11-26)22(29)19-7-8-20(28)25-19/h2-3,5-6,13-14,19H,4,7-12,15H2,1H3,(H,25,28)/t19-/m0/s1. The van der Waals surface area contributed by atoms with Crippen LogP contribution < -0.4 is 5.32 Å². The van der Waals surface area contributed by atoms with Crippen LogP contribution in [0.4, 0.5) is 0 Å². The summed E-state index contributed by atoms with van der Waals surface area (Å²) in [7, 11) is 0. The molecule has 2 saturated heterocycles. The molecule has 2 aliphatic heterocycles. The lowest BCUT2D eigenvalue weighted by molar-refractivity contribution is -0.134. The van der Waals surface area contributed by atoms with Gasteiger partial charge in [-0.2, -0.15) is 0 Å². The topological polar surface area (TPSA) is 78.4 Å². The van der Waals surface area contributed by atoms with Crippen LogP contribution in [0.15, 0.2) is 36.7 Å². The highest BCUT2D eigenvalue weighted by atomic mass is 16.2. The highest BCUT2D eigenvalue weighted by Crippen LogP contribution is 2.19. The first-order chi connectivity index (χ1) is 14.1. The second-order valence-corrected chi connectivity index (χ2v) is 7.84. The third kappa shape index (κ3) is 4.62. The number of nitrogens with one attached hydrogen (secondary N) is 1. The number of benzene rings is 1. The summed E-state index contributed by atoms with van der Waals surface area (Å²) in [4.78, 5) is 37.4. The molecule has 0 radical (unpaired) electrons. The molecule has 1 aromatic heterocycles. The predicted octanol–water partition coefficient (Wildman–Crippen LogP) is 1.76. The predicted molar refractivity (Wildman–Crippen MR) is 110 cm³/mol. The van der Waals surface area contributed by atoms with Crippen molar-refractivity contribution >= 4 is 11.8 Å². The van der Waals surface area contributed by atoms with Crippen LogP contribution in [0.2, 0.25) is 0 Å². The molecule has 0 unspecified atom stereocenters.